The first kappa shape index (κ1) is 10.6. The van der Waals surface area contributed by atoms with Crippen LogP contribution in [0.25, 0.3) is 0 Å². The predicted octanol–water partition coefficient (Wildman–Crippen LogP) is 2.86. The Balaban J connectivity index is 0.000000810. The van der Waals surface area contributed by atoms with Gasteiger partial charge in [-0.1, -0.05) is 35.2 Å². The quantitative estimate of drug-likeness (QED) is 0.530. The molecule has 10 heavy (non-hydrogen) atoms. The second-order valence-corrected chi connectivity index (χ2v) is 4.29. The minimum absolute atomic E-state index is 0. The normalized spacial score (nSPS) is 22.9. The maximum Gasteiger partial charge on any atom is 0.136 e. The molecule has 1 nitrogen and oxygen atoms in total. The third-order valence-electron chi connectivity index (χ3n) is 1.90. The Morgan fingerprint density at radius 2 is 1.70 bits per heavy atom. The molecule has 0 unspecified atom stereocenters. The van der Waals surface area contributed by atoms with E-state index in [9.17, 15) is 4.79 Å². The number of hydrogen-bond donors (Lipinski definition) is 0. The van der Waals surface area contributed by atoms with E-state index in [1.165, 1.54) is 19.3 Å². The summed E-state index contributed by atoms with van der Waals surface area (Å²) in [7, 11) is 0. The Kier molecular flexibility index (Phi) is 4.78. The van der Waals surface area contributed by atoms with Crippen LogP contribution in [0.2, 0.25) is 0 Å². The number of hydrogen-bond acceptors (Lipinski definition) is 1. The Labute approximate surface area is 80.5 Å². The van der Waals surface area contributed by atoms with E-state index in [1.807, 2.05) is 0 Å². The molecule has 0 aromatic carbocycles. The number of aldehydes is 1. The Morgan fingerprint density at radius 1 is 1.20 bits per heavy atom. The van der Waals surface area contributed by atoms with E-state index in [-0.39, 0.29) is 21.3 Å². The van der Waals surface area contributed by atoms with Crippen LogP contribution < -0.4 is 0 Å². The van der Waals surface area contributed by atoms with Gasteiger partial charge in [0.1, 0.15) is 6.29 Å². The van der Waals surface area contributed by atoms with Crippen LogP contribution in [0, 0.1) is 0 Å². The summed E-state index contributed by atoms with van der Waals surface area (Å²) in [6.07, 6.45) is 6.79. The number of rotatable bonds is 1. The standard InChI is InChI=1S/C7H11BrO.BrH/c8-7(6-9)4-2-1-3-5-7;/h6H,1-5H2;1H. The summed E-state index contributed by atoms with van der Waals surface area (Å²) in [4.78, 5) is 10.4. The van der Waals surface area contributed by atoms with E-state index in [4.69, 9.17) is 0 Å². The molecule has 3 heteroatoms. The molecule has 0 aromatic rings. The average Bonchev–Trinajstić information content (AvgIpc) is 1.90. The van der Waals surface area contributed by atoms with Gasteiger partial charge in [-0.25, -0.2) is 0 Å². The molecule has 0 aromatic heterocycles. The fourth-order valence-electron chi connectivity index (χ4n) is 1.26. The van der Waals surface area contributed by atoms with Gasteiger partial charge in [0.05, 0.1) is 4.32 Å². The topological polar surface area (TPSA) is 17.1 Å². The maximum atomic E-state index is 10.4. The Hall–Kier alpha value is 0.630. The van der Waals surface area contributed by atoms with Crippen LogP contribution in [-0.2, 0) is 4.79 Å². The van der Waals surface area contributed by atoms with Gasteiger partial charge in [-0.05, 0) is 12.8 Å². The minimum Gasteiger partial charge on any atom is -0.302 e. The monoisotopic (exact) mass is 270 g/mol. The molecular formula is C7H12Br2O. The van der Waals surface area contributed by atoms with Crippen molar-refractivity contribution in [2.24, 2.45) is 0 Å². The van der Waals surface area contributed by atoms with Crippen molar-refractivity contribution in [2.75, 3.05) is 0 Å². The zero-order valence-electron chi connectivity index (χ0n) is 5.81. The van der Waals surface area contributed by atoms with E-state index in [0.717, 1.165) is 19.1 Å². The van der Waals surface area contributed by atoms with Gasteiger partial charge in [-0.15, -0.1) is 17.0 Å². The summed E-state index contributed by atoms with van der Waals surface area (Å²) >= 11 is 3.43. The second kappa shape index (κ2) is 4.50. The first-order valence-electron chi connectivity index (χ1n) is 3.42. The molecule has 1 rings (SSSR count). The van der Waals surface area contributed by atoms with Crippen molar-refractivity contribution < 1.29 is 4.79 Å². The van der Waals surface area contributed by atoms with E-state index in [2.05, 4.69) is 15.9 Å². The molecule has 1 saturated carbocycles. The highest BCUT2D eigenvalue weighted by Gasteiger charge is 2.27. The molecule has 1 aliphatic carbocycles. The van der Waals surface area contributed by atoms with Crippen LogP contribution in [-0.4, -0.2) is 10.6 Å². The van der Waals surface area contributed by atoms with Gasteiger partial charge >= 0.3 is 0 Å². The van der Waals surface area contributed by atoms with Crippen LogP contribution in [0.3, 0.4) is 0 Å². The van der Waals surface area contributed by atoms with Gasteiger partial charge in [0, 0.05) is 0 Å². The first-order valence-corrected chi connectivity index (χ1v) is 4.21. The number of carbonyl (C=O) groups excluding carboxylic acids is 1. The largest absolute Gasteiger partial charge is 0.302 e. The molecule has 0 bridgehead atoms. The summed E-state index contributed by atoms with van der Waals surface area (Å²) in [5.74, 6) is 0. The zero-order valence-corrected chi connectivity index (χ0v) is 9.11. The van der Waals surface area contributed by atoms with Gasteiger partial charge in [-0.3, -0.25) is 0 Å². The number of alkyl halides is 1. The van der Waals surface area contributed by atoms with Crippen LogP contribution in [0.4, 0.5) is 0 Å². The first-order chi connectivity index (χ1) is 4.27. The molecule has 0 spiro atoms. The van der Waals surface area contributed by atoms with Gasteiger partial charge in [0.15, 0.2) is 0 Å². The van der Waals surface area contributed by atoms with Crippen molar-refractivity contribution in [1.29, 1.82) is 0 Å². The molecule has 1 aliphatic rings. The highest BCUT2D eigenvalue weighted by atomic mass is 79.9. The van der Waals surface area contributed by atoms with E-state index >= 15 is 0 Å². The summed E-state index contributed by atoms with van der Waals surface area (Å²) < 4.78 is -0.148. The second-order valence-electron chi connectivity index (χ2n) is 2.71. The fourth-order valence-corrected chi connectivity index (χ4v) is 1.82. The molecule has 0 N–H and O–H groups in total. The van der Waals surface area contributed by atoms with Crippen molar-refractivity contribution in [2.45, 2.75) is 36.4 Å². The smallest absolute Gasteiger partial charge is 0.136 e. The van der Waals surface area contributed by atoms with Crippen LogP contribution >= 0.6 is 32.9 Å². The number of carbonyl (C=O) groups is 1. The predicted molar refractivity (Wildman–Crippen MR) is 51.1 cm³/mol. The molecule has 0 saturated heterocycles. The summed E-state index contributed by atoms with van der Waals surface area (Å²) in [6.45, 7) is 0. The Morgan fingerprint density at radius 3 is 2.00 bits per heavy atom. The number of halogens is 2. The van der Waals surface area contributed by atoms with Crippen LogP contribution in [0.1, 0.15) is 32.1 Å². The molecular weight excluding hydrogens is 260 g/mol. The lowest BCUT2D eigenvalue weighted by Crippen LogP contribution is -2.25. The molecule has 0 aliphatic heterocycles. The van der Waals surface area contributed by atoms with Gasteiger partial charge in [-0.2, -0.15) is 0 Å². The highest BCUT2D eigenvalue weighted by molar-refractivity contribution is 9.10. The summed E-state index contributed by atoms with van der Waals surface area (Å²) in [5, 5.41) is 0. The van der Waals surface area contributed by atoms with Crippen molar-refractivity contribution in [3.8, 4) is 0 Å². The zero-order chi connectivity index (χ0) is 6.74. The van der Waals surface area contributed by atoms with Crippen molar-refractivity contribution in [1.82, 2.24) is 0 Å². The molecule has 60 valence electrons. The fraction of sp³-hybridized carbons (Fsp3) is 0.857. The van der Waals surface area contributed by atoms with Gasteiger partial charge in [0.25, 0.3) is 0 Å². The van der Waals surface area contributed by atoms with Gasteiger partial charge in [0.2, 0.25) is 0 Å². The lowest BCUT2D eigenvalue weighted by molar-refractivity contribution is -0.110. The van der Waals surface area contributed by atoms with Crippen molar-refractivity contribution in [3.05, 3.63) is 0 Å². The summed E-state index contributed by atoms with van der Waals surface area (Å²) in [5.41, 5.74) is 0. The molecule has 0 heterocycles. The molecule has 1 fully saturated rings. The van der Waals surface area contributed by atoms with Crippen LogP contribution in [0.15, 0.2) is 0 Å². The Bertz CT molecular complexity index is 108. The average molecular weight is 272 g/mol. The SMILES string of the molecule is Br.O=CC1(Br)CCCCC1. The molecule has 0 radical (unpaired) electrons. The molecule has 0 amide bonds. The van der Waals surface area contributed by atoms with E-state index in [0.29, 0.717) is 0 Å². The molecule has 0 atom stereocenters. The van der Waals surface area contributed by atoms with E-state index < -0.39 is 0 Å². The van der Waals surface area contributed by atoms with Crippen molar-refractivity contribution in [3.63, 3.8) is 0 Å². The maximum absolute atomic E-state index is 10.4. The lowest BCUT2D eigenvalue weighted by atomic mass is 9.90. The summed E-state index contributed by atoms with van der Waals surface area (Å²) in [6, 6.07) is 0. The van der Waals surface area contributed by atoms with Crippen molar-refractivity contribution >= 4 is 39.2 Å². The van der Waals surface area contributed by atoms with Gasteiger partial charge < -0.3 is 4.79 Å². The third-order valence-corrected chi connectivity index (χ3v) is 2.88. The van der Waals surface area contributed by atoms with Crippen LogP contribution in [0.5, 0.6) is 0 Å². The lowest BCUT2D eigenvalue weighted by Gasteiger charge is -2.24. The minimum atomic E-state index is -0.148. The highest BCUT2D eigenvalue weighted by Crippen LogP contribution is 2.33. The van der Waals surface area contributed by atoms with E-state index in [1.54, 1.807) is 0 Å². The third kappa shape index (κ3) is 2.70.